The molecule has 1 aromatic heterocycles. The molecule has 4 nitrogen and oxygen atoms in total. The van der Waals surface area contributed by atoms with E-state index in [0.29, 0.717) is 5.56 Å². The molecule has 0 saturated heterocycles. The monoisotopic (exact) mass is 270 g/mol. The first kappa shape index (κ1) is 14.1. The van der Waals surface area contributed by atoms with Gasteiger partial charge in [-0.25, -0.2) is 0 Å². The van der Waals surface area contributed by atoms with Crippen molar-refractivity contribution < 1.29 is 4.79 Å². The number of pyridine rings is 1. The Bertz CT molecular complexity index is 647. The molecule has 0 fully saturated rings. The molecule has 2 aromatic rings. The van der Waals surface area contributed by atoms with Crippen molar-refractivity contribution in [3.05, 3.63) is 70.1 Å². The van der Waals surface area contributed by atoms with Gasteiger partial charge in [-0.1, -0.05) is 36.4 Å². The summed E-state index contributed by atoms with van der Waals surface area (Å²) in [5.41, 5.74) is 1.55. The lowest BCUT2D eigenvalue weighted by Gasteiger charge is -2.15. The van der Waals surface area contributed by atoms with E-state index in [1.807, 2.05) is 37.3 Å². The molecular formula is C16H18N2O2. The first-order valence-electron chi connectivity index (χ1n) is 6.58. The van der Waals surface area contributed by atoms with Crippen LogP contribution in [0.25, 0.3) is 0 Å². The van der Waals surface area contributed by atoms with E-state index >= 15 is 0 Å². The number of hydrogen-bond acceptors (Lipinski definition) is 2. The van der Waals surface area contributed by atoms with Crippen molar-refractivity contribution in [1.29, 1.82) is 0 Å². The lowest BCUT2D eigenvalue weighted by Crippen LogP contribution is -2.34. The van der Waals surface area contributed by atoms with Crippen molar-refractivity contribution in [2.24, 2.45) is 0 Å². The van der Waals surface area contributed by atoms with Crippen LogP contribution in [0.1, 0.15) is 24.1 Å². The van der Waals surface area contributed by atoms with Gasteiger partial charge in [-0.05, 0) is 25.5 Å². The fourth-order valence-corrected chi connectivity index (χ4v) is 2.05. The van der Waals surface area contributed by atoms with Crippen LogP contribution in [0.5, 0.6) is 0 Å². The maximum Gasteiger partial charge on any atom is 0.253 e. The summed E-state index contributed by atoms with van der Waals surface area (Å²) in [5, 5.41) is 2.89. The second kappa shape index (κ2) is 6.19. The Morgan fingerprint density at radius 2 is 1.90 bits per heavy atom. The van der Waals surface area contributed by atoms with Gasteiger partial charge >= 0.3 is 0 Å². The summed E-state index contributed by atoms with van der Waals surface area (Å²) in [6.07, 6.45) is 1.63. The smallest absolute Gasteiger partial charge is 0.253 e. The van der Waals surface area contributed by atoms with Crippen LogP contribution >= 0.6 is 0 Å². The third kappa shape index (κ3) is 3.35. The summed E-state index contributed by atoms with van der Waals surface area (Å²) in [7, 11) is 0. The quantitative estimate of drug-likeness (QED) is 0.924. The molecule has 20 heavy (non-hydrogen) atoms. The molecule has 2 rings (SSSR count). The van der Waals surface area contributed by atoms with Crippen LogP contribution in [0.4, 0.5) is 0 Å². The molecule has 0 aliphatic heterocycles. The number of benzene rings is 1. The van der Waals surface area contributed by atoms with Gasteiger partial charge in [0.05, 0.1) is 6.04 Å². The minimum absolute atomic E-state index is 0.0394. The Kier molecular flexibility index (Phi) is 4.35. The first-order chi connectivity index (χ1) is 9.58. The van der Waals surface area contributed by atoms with E-state index in [2.05, 4.69) is 5.32 Å². The Morgan fingerprint density at radius 3 is 2.60 bits per heavy atom. The zero-order valence-electron chi connectivity index (χ0n) is 11.7. The Labute approximate surface area is 118 Å². The van der Waals surface area contributed by atoms with Crippen LogP contribution in [0.15, 0.2) is 53.5 Å². The lowest BCUT2D eigenvalue weighted by atomic mass is 10.1. The van der Waals surface area contributed by atoms with Gasteiger partial charge in [0.1, 0.15) is 6.54 Å². The minimum atomic E-state index is -0.172. The van der Waals surface area contributed by atoms with Crippen molar-refractivity contribution in [3.63, 3.8) is 0 Å². The molecule has 1 atom stereocenters. The van der Waals surface area contributed by atoms with Gasteiger partial charge in [0, 0.05) is 11.8 Å². The van der Waals surface area contributed by atoms with E-state index in [1.54, 1.807) is 25.3 Å². The van der Waals surface area contributed by atoms with Crippen LogP contribution in [0, 0.1) is 6.92 Å². The zero-order chi connectivity index (χ0) is 14.5. The number of carbonyl (C=O) groups excluding carboxylic acids is 1. The molecule has 1 unspecified atom stereocenters. The second-order valence-corrected chi connectivity index (χ2v) is 4.82. The highest BCUT2D eigenvalue weighted by Crippen LogP contribution is 2.10. The number of rotatable bonds is 4. The molecular weight excluding hydrogens is 252 g/mol. The van der Waals surface area contributed by atoms with E-state index in [4.69, 9.17) is 0 Å². The second-order valence-electron chi connectivity index (χ2n) is 4.82. The Hall–Kier alpha value is -2.36. The maximum absolute atomic E-state index is 12.0. The number of nitrogens with one attached hydrogen (secondary N) is 1. The predicted molar refractivity (Wildman–Crippen MR) is 78.4 cm³/mol. The summed E-state index contributed by atoms with van der Waals surface area (Å²) in [6, 6.07) is 13.2. The molecule has 0 bridgehead atoms. The third-order valence-electron chi connectivity index (χ3n) is 3.20. The summed E-state index contributed by atoms with van der Waals surface area (Å²) in [6.45, 7) is 3.70. The summed E-state index contributed by atoms with van der Waals surface area (Å²) in [4.78, 5) is 23.8. The predicted octanol–water partition coefficient (Wildman–Crippen LogP) is 2.03. The number of aryl methyl sites for hydroxylation is 1. The van der Waals surface area contributed by atoms with Crippen molar-refractivity contribution in [2.75, 3.05) is 0 Å². The van der Waals surface area contributed by atoms with Gasteiger partial charge in [0.25, 0.3) is 5.56 Å². The van der Waals surface area contributed by atoms with Gasteiger partial charge in [-0.2, -0.15) is 0 Å². The molecule has 0 aliphatic rings. The number of amides is 1. The van der Waals surface area contributed by atoms with Gasteiger partial charge < -0.3 is 9.88 Å². The van der Waals surface area contributed by atoms with Gasteiger partial charge in [0.2, 0.25) is 5.91 Å². The van der Waals surface area contributed by atoms with Crippen molar-refractivity contribution >= 4 is 5.91 Å². The molecule has 1 heterocycles. The van der Waals surface area contributed by atoms with Gasteiger partial charge in [-0.15, -0.1) is 0 Å². The standard InChI is InChI=1S/C16H18N2O2/c1-12-7-6-10-18(16(12)20)11-15(19)17-13(2)14-8-4-3-5-9-14/h3-10,13H,11H2,1-2H3,(H,17,19). The highest BCUT2D eigenvalue weighted by atomic mass is 16.2. The summed E-state index contributed by atoms with van der Waals surface area (Å²) in [5.74, 6) is -0.172. The average molecular weight is 270 g/mol. The average Bonchev–Trinajstić information content (AvgIpc) is 2.45. The molecule has 0 radical (unpaired) electrons. The van der Waals surface area contributed by atoms with Gasteiger partial charge in [0.15, 0.2) is 0 Å². The zero-order valence-corrected chi connectivity index (χ0v) is 11.7. The van der Waals surface area contributed by atoms with Crippen LogP contribution in [0.3, 0.4) is 0 Å². The molecule has 0 spiro atoms. The van der Waals surface area contributed by atoms with E-state index in [9.17, 15) is 9.59 Å². The topological polar surface area (TPSA) is 51.1 Å². The fourth-order valence-electron chi connectivity index (χ4n) is 2.05. The molecule has 1 N–H and O–H groups in total. The molecule has 1 aromatic carbocycles. The SMILES string of the molecule is Cc1cccn(CC(=O)NC(C)c2ccccc2)c1=O. The van der Waals surface area contributed by atoms with E-state index in [0.717, 1.165) is 5.56 Å². The molecule has 0 aliphatic carbocycles. The number of nitrogens with zero attached hydrogens (tertiary/aromatic N) is 1. The van der Waals surface area contributed by atoms with Crippen molar-refractivity contribution in [1.82, 2.24) is 9.88 Å². The first-order valence-corrected chi connectivity index (χ1v) is 6.58. The number of aromatic nitrogens is 1. The largest absolute Gasteiger partial charge is 0.348 e. The Balaban J connectivity index is 2.03. The highest BCUT2D eigenvalue weighted by Gasteiger charge is 2.10. The molecule has 1 amide bonds. The van der Waals surface area contributed by atoms with E-state index in [1.165, 1.54) is 4.57 Å². The van der Waals surface area contributed by atoms with Gasteiger partial charge in [-0.3, -0.25) is 9.59 Å². The fraction of sp³-hybridized carbons (Fsp3) is 0.250. The van der Waals surface area contributed by atoms with Crippen LogP contribution in [0.2, 0.25) is 0 Å². The van der Waals surface area contributed by atoms with Crippen LogP contribution < -0.4 is 10.9 Å². The third-order valence-corrected chi connectivity index (χ3v) is 3.20. The lowest BCUT2D eigenvalue weighted by molar-refractivity contribution is -0.122. The normalized spacial score (nSPS) is 11.9. The van der Waals surface area contributed by atoms with Crippen molar-refractivity contribution in [3.8, 4) is 0 Å². The van der Waals surface area contributed by atoms with Crippen LogP contribution in [-0.4, -0.2) is 10.5 Å². The minimum Gasteiger partial charge on any atom is -0.348 e. The molecule has 0 saturated carbocycles. The van der Waals surface area contributed by atoms with Crippen LogP contribution in [-0.2, 0) is 11.3 Å². The summed E-state index contributed by atoms with van der Waals surface area (Å²) < 4.78 is 1.42. The summed E-state index contributed by atoms with van der Waals surface area (Å²) >= 11 is 0. The Morgan fingerprint density at radius 1 is 1.20 bits per heavy atom. The number of carbonyl (C=O) groups is 1. The maximum atomic E-state index is 12.0. The molecule has 4 heteroatoms. The molecule has 104 valence electrons. The van der Waals surface area contributed by atoms with E-state index < -0.39 is 0 Å². The number of hydrogen-bond donors (Lipinski definition) is 1. The van der Waals surface area contributed by atoms with Crippen molar-refractivity contribution in [2.45, 2.75) is 26.4 Å². The highest BCUT2D eigenvalue weighted by molar-refractivity contribution is 5.76. The van der Waals surface area contributed by atoms with E-state index in [-0.39, 0.29) is 24.1 Å².